The monoisotopic (exact) mass is 587 g/mol. The highest BCUT2D eigenvalue weighted by molar-refractivity contribution is 7.27. The summed E-state index contributed by atoms with van der Waals surface area (Å²) < 4.78 is 5.44. The van der Waals surface area contributed by atoms with Gasteiger partial charge in [-0.3, -0.25) is 0 Å². The van der Waals surface area contributed by atoms with Crippen LogP contribution in [0.5, 0.6) is 0 Å². The van der Waals surface area contributed by atoms with Crippen molar-refractivity contribution < 1.29 is 0 Å². The molecule has 3 heteroatoms. The van der Waals surface area contributed by atoms with Crippen LogP contribution in [0.15, 0.2) is 121 Å². The standard InChI is InChI=1S/C40H29NS2/c1-40(2)32-15-6-4-11-31(32)36-33(40)23-22-30-29-14-9-16-34(38(29)43-39(30)36)41(3)25-20-18-24(19-21-25)26-12-8-13-28-27-10-5-7-17-35(27)42-37(26)28/h4-23H,1-3H3. The van der Waals surface area contributed by atoms with E-state index in [1.807, 2.05) is 22.7 Å². The second kappa shape index (κ2) is 9.03. The van der Waals surface area contributed by atoms with Crippen LogP contribution in [0.25, 0.3) is 62.6 Å². The number of hydrogen-bond donors (Lipinski definition) is 0. The van der Waals surface area contributed by atoms with Crippen molar-refractivity contribution in [1.82, 2.24) is 0 Å². The first-order chi connectivity index (χ1) is 21.0. The zero-order chi connectivity index (χ0) is 28.9. The smallest absolute Gasteiger partial charge is 0.0592 e. The number of hydrogen-bond acceptors (Lipinski definition) is 3. The van der Waals surface area contributed by atoms with Gasteiger partial charge < -0.3 is 4.90 Å². The van der Waals surface area contributed by atoms with Gasteiger partial charge in [0.25, 0.3) is 0 Å². The summed E-state index contributed by atoms with van der Waals surface area (Å²) in [6.45, 7) is 4.72. The number of benzene rings is 6. The largest absolute Gasteiger partial charge is 0.343 e. The number of fused-ring (bicyclic) bond motifs is 10. The number of anilines is 2. The fraction of sp³-hybridized carbons (Fsp3) is 0.100. The molecule has 2 heterocycles. The summed E-state index contributed by atoms with van der Waals surface area (Å²) in [5.74, 6) is 0. The lowest BCUT2D eigenvalue weighted by Crippen LogP contribution is -2.14. The molecule has 9 rings (SSSR count). The molecule has 43 heavy (non-hydrogen) atoms. The molecule has 0 radical (unpaired) electrons. The van der Waals surface area contributed by atoms with Gasteiger partial charge in [-0.2, -0.15) is 0 Å². The maximum atomic E-state index is 2.37. The third kappa shape index (κ3) is 3.50. The minimum Gasteiger partial charge on any atom is -0.343 e. The maximum absolute atomic E-state index is 2.37. The van der Waals surface area contributed by atoms with Crippen molar-refractivity contribution in [3.05, 3.63) is 132 Å². The Labute approximate surface area is 259 Å². The molecular weight excluding hydrogens is 559 g/mol. The molecule has 0 fully saturated rings. The van der Waals surface area contributed by atoms with Gasteiger partial charge in [0.15, 0.2) is 0 Å². The van der Waals surface area contributed by atoms with Crippen molar-refractivity contribution in [3.8, 4) is 22.3 Å². The molecule has 0 aliphatic heterocycles. The fourth-order valence-corrected chi connectivity index (χ4v) is 9.92. The number of nitrogens with zero attached hydrogens (tertiary/aromatic N) is 1. The Balaban J connectivity index is 1.15. The number of rotatable bonds is 3. The summed E-state index contributed by atoms with van der Waals surface area (Å²) >= 11 is 3.83. The molecule has 2 aromatic heterocycles. The van der Waals surface area contributed by atoms with E-state index in [2.05, 4.69) is 147 Å². The van der Waals surface area contributed by atoms with Crippen molar-refractivity contribution in [2.24, 2.45) is 0 Å². The minimum absolute atomic E-state index is 0.0117. The molecule has 0 amide bonds. The van der Waals surface area contributed by atoms with Crippen molar-refractivity contribution in [1.29, 1.82) is 0 Å². The third-order valence-electron chi connectivity index (χ3n) is 9.52. The van der Waals surface area contributed by atoms with Crippen molar-refractivity contribution in [2.75, 3.05) is 11.9 Å². The summed E-state index contributed by atoms with van der Waals surface area (Å²) in [7, 11) is 2.20. The topological polar surface area (TPSA) is 3.24 Å². The van der Waals surface area contributed by atoms with Gasteiger partial charge in [0.2, 0.25) is 0 Å². The van der Waals surface area contributed by atoms with Gasteiger partial charge >= 0.3 is 0 Å². The van der Waals surface area contributed by atoms with Crippen molar-refractivity contribution in [2.45, 2.75) is 19.3 Å². The quantitative estimate of drug-likeness (QED) is 0.199. The summed E-state index contributed by atoms with van der Waals surface area (Å²) in [4.78, 5) is 2.35. The van der Waals surface area contributed by atoms with Gasteiger partial charge in [0.05, 0.1) is 10.4 Å². The summed E-state index contributed by atoms with van der Waals surface area (Å²) in [5, 5.41) is 5.37. The zero-order valence-electron chi connectivity index (χ0n) is 24.3. The first-order valence-corrected chi connectivity index (χ1v) is 16.5. The Morgan fingerprint density at radius 2 is 1.19 bits per heavy atom. The van der Waals surface area contributed by atoms with E-state index in [4.69, 9.17) is 0 Å². The van der Waals surface area contributed by atoms with Gasteiger partial charge in [0, 0.05) is 59.4 Å². The van der Waals surface area contributed by atoms with Crippen LogP contribution in [-0.4, -0.2) is 7.05 Å². The molecule has 206 valence electrons. The van der Waals surface area contributed by atoms with E-state index in [1.54, 1.807) is 0 Å². The average molecular weight is 588 g/mol. The van der Waals surface area contributed by atoms with E-state index in [0.717, 1.165) is 0 Å². The van der Waals surface area contributed by atoms with Crippen molar-refractivity contribution in [3.63, 3.8) is 0 Å². The molecule has 1 aliphatic carbocycles. The molecule has 8 aromatic rings. The maximum Gasteiger partial charge on any atom is 0.0592 e. The highest BCUT2D eigenvalue weighted by Crippen LogP contribution is 2.54. The Morgan fingerprint density at radius 1 is 0.512 bits per heavy atom. The van der Waals surface area contributed by atoms with E-state index >= 15 is 0 Å². The van der Waals surface area contributed by atoms with E-state index in [1.165, 1.54) is 85.1 Å². The Kier molecular flexibility index (Phi) is 5.27. The minimum atomic E-state index is 0.0117. The van der Waals surface area contributed by atoms with E-state index < -0.39 is 0 Å². The fourth-order valence-electron chi connectivity index (χ4n) is 7.27. The summed E-state index contributed by atoms with van der Waals surface area (Å²) in [5.41, 5.74) is 10.7. The summed E-state index contributed by atoms with van der Waals surface area (Å²) in [6.07, 6.45) is 0. The average Bonchev–Trinajstić information content (AvgIpc) is 3.69. The van der Waals surface area contributed by atoms with Gasteiger partial charge in [-0.25, -0.2) is 0 Å². The van der Waals surface area contributed by atoms with Crippen LogP contribution in [-0.2, 0) is 5.41 Å². The second-order valence-electron chi connectivity index (χ2n) is 12.2. The molecule has 0 saturated carbocycles. The Hall–Kier alpha value is -4.44. The van der Waals surface area contributed by atoms with E-state index in [9.17, 15) is 0 Å². The Morgan fingerprint density at radius 3 is 2.05 bits per heavy atom. The predicted molar refractivity (Wildman–Crippen MR) is 190 cm³/mol. The lowest BCUT2D eigenvalue weighted by Gasteiger charge is -2.21. The molecule has 0 bridgehead atoms. The third-order valence-corrected chi connectivity index (χ3v) is 12.0. The lowest BCUT2D eigenvalue weighted by atomic mass is 9.82. The lowest BCUT2D eigenvalue weighted by molar-refractivity contribution is 0.661. The molecule has 1 aliphatic rings. The molecule has 0 unspecified atom stereocenters. The van der Waals surface area contributed by atoms with Crippen LogP contribution in [0, 0.1) is 0 Å². The first kappa shape index (κ1) is 25.1. The highest BCUT2D eigenvalue weighted by Gasteiger charge is 2.36. The molecule has 1 nitrogen and oxygen atoms in total. The van der Waals surface area contributed by atoms with Crippen LogP contribution in [0.4, 0.5) is 11.4 Å². The number of thiophene rings is 2. The van der Waals surface area contributed by atoms with Gasteiger partial charge in [0.1, 0.15) is 0 Å². The van der Waals surface area contributed by atoms with Crippen LogP contribution < -0.4 is 4.90 Å². The Bertz CT molecular complexity index is 2390. The molecule has 0 N–H and O–H groups in total. The van der Waals surface area contributed by atoms with Crippen LogP contribution in [0.2, 0.25) is 0 Å². The molecule has 0 saturated heterocycles. The molecule has 0 spiro atoms. The van der Waals surface area contributed by atoms with Crippen LogP contribution in [0.3, 0.4) is 0 Å². The molecule has 0 atom stereocenters. The van der Waals surface area contributed by atoms with Crippen molar-refractivity contribution >= 4 is 74.4 Å². The zero-order valence-corrected chi connectivity index (χ0v) is 25.9. The normalized spacial score (nSPS) is 13.7. The first-order valence-electron chi connectivity index (χ1n) is 14.8. The summed E-state index contributed by atoms with van der Waals surface area (Å²) in [6, 6.07) is 45.0. The highest BCUT2D eigenvalue weighted by atomic mass is 32.1. The predicted octanol–water partition coefficient (Wildman–Crippen LogP) is 12.2. The van der Waals surface area contributed by atoms with Gasteiger partial charge in [-0.05, 0) is 52.1 Å². The SMILES string of the molecule is CN(c1ccc(-c2cccc3c2sc2ccccc23)cc1)c1cccc2c1sc1c3c(ccc12)C(C)(C)c1ccccc1-3. The van der Waals surface area contributed by atoms with Gasteiger partial charge in [-0.1, -0.05) is 111 Å². The van der Waals surface area contributed by atoms with E-state index in [-0.39, 0.29) is 5.41 Å². The van der Waals surface area contributed by atoms with Gasteiger partial charge in [-0.15, -0.1) is 22.7 Å². The molecular formula is C40H29NS2. The van der Waals surface area contributed by atoms with Crippen LogP contribution >= 0.6 is 22.7 Å². The van der Waals surface area contributed by atoms with E-state index in [0.29, 0.717) is 0 Å². The molecule has 6 aromatic carbocycles. The van der Waals surface area contributed by atoms with Crippen LogP contribution in [0.1, 0.15) is 25.0 Å². The second-order valence-corrected chi connectivity index (χ2v) is 14.3.